The maximum atomic E-state index is 13.4. The Morgan fingerprint density at radius 1 is 0.917 bits per heavy atom. The molecule has 3 aromatic rings. The molecule has 0 atom stereocenters. The third-order valence-electron chi connectivity index (χ3n) is 6.88. The maximum Gasteiger partial charge on any atom is 0.163 e. The number of piperidine rings is 1. The molecule has 1 N–H and O–H groups in total. The molecule has 36 heavy (non-hydrogen) atoms. The molecular weight excluding hydrogens is 444 g/mol. The highest BCUT2D eigenvalue weighted by molar-refractivity contribution is 5.96. The van der Waals surface area contributed by atoms with E-state index in [4.69, 9.17) is 4.74 Å². The van der Waals surface area contributed by atoms with Crippen LogP contribution >= 0.6 is 0 Å². The lowest BCUT2D eigenvalue weighted by atomic mass is 9.74. The molecule has 0 aromatic heterocycles. The third kappa shape index (κ3) is 6.62. The molecule has 0 amide bonds. The molecule has 1 saturated heterocycles. The minimum atomic E-state index is 0.0133. The van der Waals surface area contributed by atoms with Crippen molar-refractivity contribution in [1.82, 2.24) is 5.32 Å². The Morgan fingerprint density at radius 2 is 1.58 bits per heavy atom. The summed E-state index contributed by atoms with van der Waals surface area (Å²) in [5.41, 5.74) is 3.45. The van der Waals surface area contributed by atoms with E-state index in [0.717, 1.165) is 36.8 Å². The summed E-state index contributed by atoms with van der Waals surface area (Å²) in [6.07, 6.45) is 4.09. The number of para-hydroxylation sites is 1. The van der Waals surface area contributed by atoms with Crippen LogP contribution in [0.15, 0.2) is 72.8 Å². The first-order valence-corrected chi connectivity index (χ1v) is 12.8. The average molecular weight is 481 g/mol. The van der Waals surface area contributed by atoms with Crippen molar-refractivity contribution >= 4 is 5.78 Å². The lowest BCUT2D eigenvalue weighted by Crippen LogP contribution is -2.57. The minimum absolute atomic E-state index is 0.0133. The Morgan fingerprint density at radius 3 is 2.28 bits per heavy atom. The summed E-state index contributed by atoms with van der Waals surface area (Å²) in [4.78, 5) is 13.4. The van der Waals surface area contributed by atoms with E-state index in [1.807, 2.05) is 48.5 Å². The maximum absolute atomic E-state index is 13.4. The van der Waals surface area contributed by atoms with Crippen LogP contribution in [-0.4, -0.2) is 16.9 Å². The Hall–Kier alpha value is -3.42. The second-order valence-electron chi connectivity index (χ2n) is 11.3. The summed E-state index contributed by atoms with van der Waals surface area (Å²) in [5.74, 6) is 1.74. The van der Waals surface area contributed by atoms with Crippen molar-refractivity contribution in [3.8, 4) is 17.6 Å². The monoisotopic (exact) mass is 480 g/mol. The van der Waals surface area contributed by atoms with E-state index >= 15 is 0 Å². The number of carbonyl (C=O) groups is 1. The number of ether oxygens (including phenoxy) is 1. The van der Waals surface area contributed by atoms with Gasteiger partial charge in [-0.3, -0.25) is 4.79 Å². The van der Waals surface area contributed by atoms with Crippen molar-refractivity contribution in [1.29, 1.82) is 5.26 Å². The first-order chi connectivity index (χ1) is 17.1. The molecule has 0 unspecified atom stereocenters. The van der Waals surface area contributed by atoms with E-state index in [9.17, 15) is 10.1 Å². The molecule has 0 aliphatic carbocycles. The van der Waals surface area contributed by atoms with Gasteiger partial charge >= 0.3 is 0 Å². The quantitative estimate of drug-likeness (QED) is 0.345. The molecule has 186 valence electrons. The normalized spacial score (nSPS) is 16.8. The first kappa shape index (κ1) is 25.7. The van der Waals surface area contributed by atoms with Crippen molar-refractivity contribution in [3.05, 3.63) is 95.1 Å². The highest BCUT2D eigenvalue weighted by Crippen LogP contribution is 2.36. The SMILES string of the molecule is CC1(C)CC(CC(=O)c2ccc(Oc3ccccc3C#N)c(CCc3ccccc3)c2)CC(C)(C)N1. The van der Waals surface area contributed by atoms with Gasteiger partial charge in [0.05, 0.1) is 5.56 Å². The van der Waals surface area contributed by atoms with Gasteiger partial charge in [0.2, 0.25) is 0 Å². The van der Waals surface area contributed by atoms with Gasteiger partial charge in [0.25, 0.3) is 0 Å². The Bertz CT molecular complexity index is 1240. The molecule has 0 radical (unpaired) electrons. The van der Waals surface area contributed by atoms with Crippen LogP contribution in [-0.2, 0) is 12.8 Å². The van der Waals surface area contributed by atoms with Crippen molar-refractivity contribution in [3.63, 3.8) is 0 Å². The first-order valence-electron chi connectivity index (χ1n) is 12.8. The standard InChI is InChI=1S/C32H36N2O2/c1-31(2)20-24(21-32(3,4)34-31)18-28(35)25-16-17-30(36-29-13-9-8-12-27(29)22-33)26(19-25)15-14-23-10-6-5-7-11-23/h5-13,16-17,19,24,34H,14-15,18,20-21H2,1-4H3. The molecule has 4 rings (SSSR count). The second kappa shape index (κ2) is 10.7. The van der Waals surface area contributed by atoms with Gasteiger partial charge in [-0.05, 0) is 101 Å². The third-order valence-corrected chi connectivity index (χ3v) is 6.88. The second-order valence-corrected chi connectivity index (χ2v) is 11.3. The number of hydrogen-bond donors (Lipinski definition) is 1. The highest BCUT2D eigenvalue weighted by Gasteiger charge is 2.38. The summed E-state index contributed by atoms with van der Waals surface area (Å²) in [5, 5.41) is 13.2. The zero-order valence-electron chi connectivity index (χ0n) is 21.8. The molecular formula is C32H36N2O2. The van der Waals surface area contributed by atoms with Gasteiger partial charge < -0.3 is 10.1 Å². The molecule has 3 aromatic carbocycles. The Labute approximate surface area is 215 Å². The fourth-order valence-electron chi connectivity index (χ4n) is 5.80. The van der Waals surface area contributed by atoms with Crippen LogP contribution in [0.1, 0.15) is 74.0 Å². The number of carbonyl (C=O) groups excluding carboxylic acids is 1. The number of nitrogens with zero attached hydrogens (tertiary/aromatic N) is 1. The number of benzene rings is 3. The topological polar surface area (TPSA) is 62.1 Å². The molecule has 1 fully saturated rings. The van der Waals surface area contributed by atoms with E-state index < -0.39 is 0 Å². The minimum Gasteiger partial charge on any atom is -0.456 e. The molecule has 1 aliphatic heterocycles. The van der Waals surface area contributed by atoms with Crippen molar-refractivity contribution in [2.24, 2.45) is 5.92 Å². The van der Waals surface area contributed by atoms with Crippen LogP contribution in [0.3, 0.4) is 0 Å². The number of nitrogens with one attached hydrogen (secondary N) is 1. The highest BCUT2D eigenvalue weighted by atomic mass is 16.5. The number of nitriles is 1. The van der Waals surface area contributed by atoms with Crippen LogP contribution in [0, 0.1) is 17.2 Å². The Kier molecular flexibility index (Phi) is 7.62. The summed E-state index contributed by atoms with van der Waals surface area (Å²) < 4.78 is 6.22. The van der Waals surface area contributed by atoms with Crippen molar-refractivity contribution < 1.29 is 9.53 Å². The predicted molar refractivity (Wildman–Crippen MR) is 144 cm³/mol. The summed E-state index contributed by atoms with van der Waals surface area (Å²) in [7, 11) is 0. The summed E-state index contributed by atoms with van der Waals surface area (Å²) >= 11 is 0. The Balaban J connectivity index is 1.58. The van der Waals surface area contributed by atoms with Gasteiger partial charge in [-0.15, -0.1) is 0 Å². The largest absolute Gasteiger partial charge is 0.456 e. The van der Waals surface area contributed by atoms with Gasteiger partial charge in [0.1, 0.15) is 17.6 Å². The van der Waals surface area contributed by atoms with E-state index in [1.54, 1.807) is 12.1 Å². The molecule has 1 heterocycles. The molecule has 4 nitrogen and oxygen atoms in total. The smallest absolute Gasteiger partial charge is 0.163 e. The zero-order valence-corrected chi connectivity index (χ0v) is 21.8. The van der Waals surface area contributed by atoms with E-state index in [1.165, 1.54) is 5.56 Å². The van der Waals surface area contributed by atoms with Gasteiger partial charge in [0, 0.05) is 23.1 Å². The lowest BCUT2D eigenvalue weighted by molar-refractivity contribution is 0.0864. The number of Topliss-reactive ketones (excluding diaryl/α,β-unsaturated/α-hetero) is 1. The fraction of sp³-hybridized carbons (Fsp3) is 0.375. The van der Waals surface area contributed by atoms with Gasteiger partial charge in [0.15, 0.2) is 5.78 Å². The predicted octanol–water partition coefficient (Wildman–Crippen LogP) is 7.27. The lowest BCUT2D eigenvalue weighted by Gasteiger charge is -2.46. The number of hydrogen-bond acceptors (Lipinski definition) is 4. The molecule has 1 aliphatic rings. The average Bonchev–Trinajstić information content (AvgIpc) is 2.82. The van der Waals surface area contributed by atoms with Crippen LogP contribution in [0.4, 0.5) is 0 Å². The number of rotatable bonds is 8. The van der Waals surface area contributed by atoms with Gasteiger partial charge in [-0.1, -0.05) is 42.5 Å². The van der Waals surface area contributed by atoms with Crippen LogP contribution < -0.4 is 10.1 Å². The van der Waals surface area contributed by atoms with E-state index in [0.29, 0.717) is 29.4 Å². The zero-order chi connectivity index (χ0) is 25.8. The van der Waals surface area contributed by atoms with Crippen LogP contribution in [0.25, 0.3) is 0 Å². The van der Waals surface area contributed by atoms with E-state index in [2.05, 4.69) is 51.2 Å². The fourth-order valence-corrected chi connectivity index (χ4v) is 5.80. The van der Waals surface area contributed by atoms with Crippen LogP contribution in [0.5, 0.6) is 11.5 Å². The summed E-state index contributed by atoms with van der Waals surface area (Å²) in [6.45, 7) is 8.88. The number of ketones is 1. The summed E-state index contributed by atoms with van der Waals surface area (Å²) in [6, 6.07) is 25.5. The molecule has 0 spiro atoms. The van der Waals surface area contributed by atoms with Crippen molar-refractivity contribution in [2.75, 3.05) is 0 Å². The van der Waals surface area contributed by atoms with Gasteiger partial charge in [-0.2, -0.15) is 5.26 Å². The molecule has 4 heteroatoms. The molecule has 0 bridgehead atoms. The van der Waals surface area contributed by atoms with Crippen molar-refractivity contribution in [2.45, 2.75) is 70.9 Å². The number of aryl methyl sites for hydroxylation is 2. The van der Waals surface area contributed by atoms with E-state index in [-0.39, 0.29) is 16.9 Å². The van der Waals surface area contributed by atoms with Gasteiger partial charge in [-0.25, -0.2) is 0 Å². The van der Waals surface area contributed by atoms with Crippen LogP contribution in [0.2, 0.25) is 0 Å². The molecule has 0 saturated carbocycles.